The van der Waals surface area contributed by atoms with Gasteiger partial charge >= 0.3 is 5.63 Å². The van der Waals surface area contributed by atoms with E-state index >= 15 is 0 Å². The molecule has 3 aliphatic heterocycles. The number of ether oxygens (including phenoxy) is 2. The van der Waals surface area contributed by atoms with Crippen LogP contribution in [0.2, 0.25) is 0 Å². The minimum absolute atomic E-state index is 0.0423. The summed E-state index contributed by atoms with van der Waals surface area (Å²) in [5, 5.41) is 4.22. The number of nitrogens with one attached hydrogen (secondary N) is 1. The van der Waals surface area contributed by atoms with Crippen LogP contribution >= 0.6 is 0 Å². The van der Waals surface area contributed by atoms with E-state index in [0.717, 1.165) is 11.1 Å². The Kier molecular flexibility index (Phi) is 3.53. The van der Waals surface area contributed by atoms with Crippen LogP contribution in [0.3, 0.4) is 0 Å². The highest BCUT2D eigenvalue weighted by Crippen LogP contribution is 2.56. The molecule has 150 valence electrons. The Morgan fingerprint density at radius 2 is 1.97 bits per heavy atom. The number of hydrogen-bond donors (Lipinski definition) is 1. The van der Waals surface area contributed by atoms with E-state index in [0.29, 0.717) is 29.0 Å². The van der Waals surface area contributed by atoms with Gasteiger partial charge in [-0.05, 0) is 36.4 Å². The van der Waals surface area contributed by atoms with Crippen molar-refractivity contribution in [3.63, 3.8) is 0 Å². The molecule has 1 spiro atoms. The van der Waals surface area contributed by atoms with E-state index in [1.165, 1.54) is 0 Å². The summed E-state index contributed by atoms with van der Waals surface area (Å²) in [5.41, 5.74) is 1.21. The highest BCUT2D eigenvalue weighted by atomic mass is 16.5. The number of benzene rings is 2. The third-order valence-electron chi connectivity index (χ3n) is 6.54. The highest BCUT2D eigenvalue weighted by molar-refractivity contribution is 6.01. The van der Waals surface area contributed by atoms with Gasteiger partial charge in [-0.15, -0.1) is 0 Å². The molecule has 4 heterocycles. The molecule has 30 heavy (non-hydrogen) atoms. The van der Waals surface area contributed by atoms with Crippen molar-refractivity contribution in [2.24, 2.45) is 5.92 Å². The monoisotopic (exact) mass is 401 g/mol. The molecule has 0 amide bonds. The summed E-state index contributed by atoms with van der Waals surface area (Å²) in [6, 6.07) is 14.5. The summed E-state index contributed by atoms with van der Waals surface area (Å²) in [6.45, 7) is 0.498. The molecule has 0 saturated carbocycles. The molecule has 1 aromatic heterocycles. The maximum atomic E-state index is 13.6. The third-order valence-corrected chi connectivity index (χ3v) is 6.54. The molecule has 3 aliphatic rings. The molecule has 1 N–H and O–H groups in total. The Morgan fingerprint density at radius 3 is 2.77 bits per heavy atom. The average Bonchev–Trinajstić information content (AvgIpc) is 3.34. The lowest BCUT2D eigenvalue weighted by Gasteiger charge is -2.38. The molecule has 6 heteroatoms. The Labute approximate surface area is 172 Å². The summed E-state index contributed by atoms with van der Waals surface area (Å²) in [7, 11) is 1.59. The number of methoxy groups -OCH3 is 1. The second kappa shape index (κ2) is 6.06. The molecule has 1 fully saturated rings. The van der Waals surface area contributed by atoms with E-state index in [9.17, 15) is 9.59 Å². The maximum Gasteiger partial charge on any atom is 0.341 e. The molecule has 0 aliphatic carbocycles. The molecular formula is C24H19NO5. The van der Waals surface area contributed by atoms with Crippen molar-refractivity contribution in [3.05, 3.63) is 82.2 Å². The fourth-order valence-electron chi connectivity index (χ4n) is 5.20. The van der Waals surface area contributed by atoms with E-state index in [2.05, 4.69) is 5.32 Å². The fourth-order valence-corrected chi connectivity index (χ4v) is 5.20. The largest absolute Gasteiger partial charge is 0.497 e. The van der Waals surface area contributed by atoms with Crippen LogP contribution < -0.4 is 15.7 Å². The summed E-state index contributed by atoms with van der Waals surface area (Å²) in [6.07, 6.45) is 3.56. The van der Waals surface area contributed by atoms with Gasteiger partial charge in [0.05, 0.1) is 30.4 Å². The SMILES string of the molecule is COc1ccc(C(=O)[C@@H]2[C@@H]3C=C[C@@]4(CNc5c(c(=O)oc6ccccc56)[C@@H]24)O3)cc1. The predicted octanol–water partition coefficient (Wildman–Crippen LogP) is 3.52. The lowest BCUT2D eigenvalue weighted by Crippen LogP contribution is -2.47. The first-order chi connectivity index (χ1) is 14.6. The molecule has 6 rings (SSSR count). The van der Waals surface area contributed by atoms with Gasteiger partial charge in [0.15, 0.2) is 5.78 Å². The third kappa shape index (κ3) is 2.22. The maximum absolute atomic E-state index is 13.6. The first-order valence-corrected chi connectivity index (χ1v) is 9.96. The number of rotatable bonds is 3. The Hall–Kier alpha value is -3.38. The second-order valence-electron chi connectivity index (χ2n) is 8.02. The molecule has 3 aromatic rings. The van der Waals surface area contributed by atoms with Crippen molar-refractivity contribution >= 4 is 22.4 Å². The van der Waals surface area contributed by atoms with Crippen molar-refractivity contribution < 1.29 is 18.7 Å². The van der Waals surface area contributed by atoms with Crippen LogP contribution in [0.15, 0.2) is 69.9 Å². The van der Waals surface area contributed by atoms with Gasteiger partial charge in [-0.2, -0.15) is 0 Å². The zero-order valence-corrected chi connectivity index (χ0v) is 16.3. The normalized spacial score (nSPS) is 28.1. The zero-order valence-electron chi connectivity index (χ0n) is 16.3. The lowest BCUT2D eigenvalue weighted by atomic mass is 9.67. The van der Waals surface area contributed by atoms with Gasteiger partial charge in [0, 0.05) is 23.4 Å². The van der Waals surface area contributed by atoms with Gasteiger partial charge in [0.25, 0.3) is 0 Å². The molecular weight excluding hydrogens is 382 g/mol. The molecule has 6 nitrogen and oxygen atoms in total. The van der Waals surface area contributed by atoms with Crippen LogP contribution in [0.4, 0.5) is 5.69 Å². The van der Waals surface area contributed by atoms with Crippen LogP contribution in [0, 0.1) is 5.92 Å². The van der Waals surface area contributed by atoms with Crippen LogP contribution in [-0.4, -0.2) is 31.1 Å². The lowest BCUT2D eigenvalue weighted by molar-refractivity contribution is 0.0301. The summed E-state index contributed by atoms with van der Waals surface area (Å²) in [4.78, 5) is 26.6. The minimum Gasteiger partial charge on any atom is -0.497 e. The van der Waals surface area contributed by atoms with Crippen molar-refractivity contribution in [2.75, 3.05) is 19.0 Å². The van der Waals surface area contributed by atoms with Crippen LogP contribution in [0.5, 0.6) is 5.75 Å². The standard InChI is InChI=1S/C24H19NO5/c1-28-14-8-6-13(7-9-14)22(26)18-17-10-11-24(30-17)12-25-21-15-4-2-3-5-16(15)29-23(27)19(21)20(18)24/h2-11,17-18,20,25H,12H2,1H3/t17-,18+,20+,24-/m0/s1. The quantitative estimate of drug-likeness (QED) is 0.411. The topological polar surface area (TPSA) is 77.8 Å². The number of para-hydroxylation sites is 1. The van der Waals surface area contributed by atoms with Gasteiger partial charge in [0.2, 0.25) is 0 Å². The van der Waals surface area contributed by atoms with Crippen molar-refractivity contribution in [2.45, 2.75) is 17.6 Å². The highest BCUT2D eigenvalue weighted by Gasteiger charge is 2.62. The molecule has 2 bridgehead atoms. The molecule has 4 atom stereocenters. The van der Waals surface area contributed by atoms with Crippen LogP contribution in [-0.2, 0) is 4.74 Å². The number of hydrogen-bond acceptors (Lipinski definition) is 6. The first kappa shape index (κ1) is 17.5. The average molecular weight is 401 g/mol. The second-order valence-corrected chi connectivity index (χ2v) is 8.02. The number of carbonyl (C=O) groups is 1. The Morgan fingerprint density at radius 1 is 1.17 bits per heavy atom. The molecule has 0 radical (unpaired) electrons. The Bertz CT molecular complexity index is 1270. The number of Topliss-reactive ketones (excluding diaryl/α,β-unsaturated/α-hetero) is 1. The molecule has 0 unspecified atom stereocenters. The van der Waals surface area contributed by atoms with E-state index in [1.807, 2.05) is 30.4 Å². The fraction of sp³-hybridized carbons (Fsp3) is 0.250. The first-order valence-electron chi connectivity index (χ1n) is 9.96. The van der Waals surface area contributed by atoms with Crippen LogP contribution in [0.25, 0.3) is 11.0 Å². The van der Waals surface area contributed by atoms with Crippen molar-refractivity contribution in [1.29, 1.82) is 0 Å². The predicted molar refractivity (Wildman–Crippen MR) is 111 cm³/mol. The van der Waals surface area contributed by atoms with Gasteiger partial charge in [-0.1, -0.05) is 24.3 Å². The van der Waals surface area contributed by atoms with Gasteiger partial charge < -0.3 is 19.2 Å². The minimum atomic E-state index is -0.721. The smallest absolute Gasteiger partial charge is 0.341 e. The van der Waals surface area contributed by atoms with E-state index in [1.54, 1.807) is 37.4 Å². The van der Waals surface area contributed by atoms with Crippen molar-refractivity contribution in [1.82, 2.24) is 0 Å². The van der Waals surface area contributed by atoms with Gasteiger partial charge in [-0.3, -0.25) is 4.79 Å². The molecule has 1 saturated heterocycles. The number of ketones is 1. The summed E-state index contributed by atoms with van der Waals surface area (Å²) >= 11 is 0. The summed E-state index contributed by atoms with van der Waals surface area (Å²) < 4.78 is 17.1. The van der Waals surface area contributed by atoms with Crippen LogP contribution in [0.1, 0.15) is 21.8 Å². The summed E-state index contributed by atoms with van der Waals surface area (Å²) in [5.74, 6) is -0.252. The van der Waals surface area contributed by atoms with E-state index in [4.69, 9.17) is 13.9 Å². The van der Waals surface area contributed by atoms with Gasteiger partial charge in [0.1, 0.15) is 16.9 Å². The number of fused-ring (bicyclic) bond motifs is 5. The number of carbonyl (C=O) groups excluding carboxylic acids is 1. The van der Waals surface area contributed by atoms with Crippen molar-refractivity contribution in [3.8, 4) is 5.75 Å². The Balaban J connectivity index is 1.52. The zero-order chi connectivity index (χ0) is 20.5. The molecule has 2 aromatic carbocycles. The van der Waals surface area contributed by atoms with E-state index in [-0.39, 0.29) is 11.9 Å². The number of anilines is 1. The van der Waals surface area contributed by atoms with E-state index < -0.39 is 23.1 Å². The van der Waals surface area contributed by atoms with Gasteiger partial charge in [-0.25, -0.2) is 4.79 Å².